The van der Waals surface area contributed by atoms with E-state index >= 15 is 0 Å². The first-order chi connectivity index (χ1) is 15.0. The number of alkyl halides is 6. The summed E-state index contributed by atoms with van der Waals surface area (Å²) < 4.78 is 89.6. The van der Waals surface area contributed by atoms with E-state index in [1.54, 1.807) is 13.1 Å². The highest BCUT2D eigenvalue weighted by atomic mass is 28.4. The summed E-state index contributed by atoms with van der Waals surface area (Å²) in [6, 6.07) is 0.0479. The number of carbonyl (C=O) groups is 1. The van der Waals surface area contributed by atoms with E-state index in [1.165, 1.54) is 0 Å². The number of rotatable bonds is 8. The first-order valence-electron chi connectivity index (χ1n) is 11.8. The van der Waals surface area contributed by atoms with Gasteiger partial charge in [-0.15, -0.1) is 0 Å². The second-order valence-electron chi connectivity index (χ2n) is 12.1. The molecular formula is C23H38F6O4Si. The normalized spacial score (nSPS) is 26.8. The summed E-state index contributed by atoms with van der Waals surface area (Å²) in [4.78, 5) is 12.5. The molecule has 0 aliphatic heterocycles. The zero-order valence-electron chi connectivity index (χ0n) is 21.0. The van der Waals surface area contributed by atoms with Gasteiger partial charge < -0.3 is 14.3 Å². The maximum Gasteiger partial charge on any atom is 0.426 e. The molecule has 0 radical (unpaired) electrons. The lowest BCUT2D eigenvalue weighted by Gasteiger charge is -2.44. The molecule has 11 heteroatoms. The largest absolute Gasteiger partial charge is 0.460 e. The van der Waals surface area contributed by atoms with Crippen molar-refractivity contribution in [3.63, 3.8) is 0 Å². The van der Waals surface area contributed by atoms with Gasteiger partial charge in [0.2, 0.25) is 0 Å². The third-order valence-corrected chi connectivity index (χ3v) is 9.89. The molecule has 4 nitrogen and oxygen atoms in total. The average molecular weight is 521 g/mol. The molecule has 0 saturated heterocycles. The van der Waals surface area contributed by atoms with E-state index in [1.807, 2.05) is 34.6 Å². The van der Waals surface area contributed by atoms with E-state index in [-0.39, 0.29) is 35.7 Å². The van der Waals surface area contributed by atoms with Crippen LogP contribution in [0.25, 0.3) is 0 Å². The molecule has 200 valence electrons. The van der Waals surface area contributed by atoms with Crippen molar-refractivity contribution in [3.05, 3.63) is 0 Å². The molecule has 2 rings (SSSR count). The van der Waals surface area contributed by atoms with Crippen LogP contribution in [-0.4, -0.2) is 48.5 Å². The standard InChI is InChI=1S/C23H38F6O4Si/c1-19(2,3)32-18(30)16-12-15-11-14(16)13-17(15)20(4,5)33-34(6,7)10-8-9-21(31,22(24,25)26)23(27,28)29/h14-17,31H,8-13H2,1-7H3. The fraction of sp³-hybridized carbons (Fsp3) is 0.957. The van der Waals surface area contributed by atoms with Crippen molar-refractivity contribution in [3.8, 4) is 0 Å². The number of esters is 1. The van der Waals surface area contributed by atoms with E-state index < -0.39 is 50.3 Å². The molecule has 0 aromatic rings. The van der Waals surface area contributed by atoms with Gasteiger partial charge in [-0.05, 0) is 97.2 Å². The Hall–Kier alpha value is -0.813. The van der Waals surface area contributed by atoms with Gasteiger partial charge in [0.15, 0.2) is 8.32 Å². The van der Waals surface area contributed by atoms with Gasteiger partial charge in [0.05, 0.1) is 11.5 Å². The van der Waals surface area contributed by atoms with Crippen LogP contribution in [0.4, 0.5) is 26.3 Å². The molecule has 4 unspecified atom stereocenters. The molecule has 0 heterocycles. The summed E-state index contributed by atoms with van der Waals surface area (Å²) in [5, 5.41) is 9.38. The Balaban J connectivity index is 1.97. The summed E-state index contributed by atoms with van der Waals surface area (Å²) >= 11 is 0. The Bertz CT molecular complexity index is 727. The molecular weight excluding hydrogens is 482 g/mol. The van der Waals surface area contributed by atoms with E-state index in [0.29, 0.717) is 6.42 Å². The Labute approximate surface area is 198 Å². The summed E-state index contributed by atoms with van der Waals surface area (Å²) in [6.45, 7) is 12.9. The predicted molar refractivity (Wildman–Crippen MR) is 117 cm³/mol. The number of fused-ring (bicyclic) bond motifs is 2. The van der Waals surface area contributed by atoms with Crippen LogP contribution >= 0.6 is 0 Å². The average Bonchev–Trinajstić information content (AvgIpc) is 3.18. The molecule has 2 bridgehead atoms. The van der Waals surface area contributed by atoms with Crippen molar-refractivity contribution in [2.45, 2.75) is 115 Å². The molecule has 34 heavy (non-hydrogen) atoms. The second kappa shape index (κ2) is 9.25. The quantitative estimate of drug-likeness (QED) is 0.222. The Kier molecular flexibility index (Phi) is 8.00. The van der Waals surface area contributed by atoms with E-state index in [2.05, 4.69) is 0 Å². The van der Waals surface area contributed by atoms with Gasteiger partial charge in [-0.2, -0.15) is 26.3 Å². The fourth-order valence-electron chi connectivity index (χ4n) is 5.85. The number of hydrogen-bond donors (Lipinski definition) is 1. The van der Waals surface area contributed by atoms with Crippen LogP contribution in [-0.2, 0) is 14.0 Å². The molecule has 4 atom stereocenters. The molecule has 0 spiro atoms. The minimum Gasteiger partial charge on any atom is -0.460 e. The van der Waals surface area contributed by atoms with Gasteiger partial charge in [0.25, 0.3) is 5.60 Å². The van der Waals surface area contributed by atoms with Crippen molar-refractivity contribution in [1.82, 2.24) is 0 Å². The third-order valence-electron chi connectivity index (χ3n) is 7.25. The van der Waals surface area contributed by atoms with Crippen molar-refractivity contribution < 1.29 is 45.4 Å². The van der Waals surface area contributed by atoms with Crippen LogP contribution < -0.4 is 0 Å². The van der Waals surface area contributed by atoms with Crippen LogP contribution in [0.2, 0.25) is 19.1 Å². The van der Waals surface area contributed by atoms with Crippen LogP contribution in [0, 0.1) is 23.7 Å². The van der Waals surface area contributed by atoms with Crippen molar-refractivity contribution in [1.29, 1.82) is 0 Å². The maximum absolute atomic E-state index is 12.9. The molecule has 0 aromatic carbocycles. The van der Waals surface area contributed by atoms with Crippen LogP contribution in [0.5, 0.6) is 0 Å². The van der Waals surface area contributed by atoms with Crippen molar-refractivity contribution in [2.24, 2.45) is 23.7 Å². The molecule has 0 aromatic heterocycles. The first-order valence-corrected chi connectivity index (χ1v) is 14.9. The lowest BCUT2D eigenvalue weighted by molar-refractivity contribution is -0.370. The molecule has 2 fully saturated rings. The van der Waals surface area contributed by atoms with Crippen LogP contribution in [0.15, 0.2) is 0 Å². The van der Waals surface area contributed by atoms with E-state index in [0.717, 1.165) is 12.8 Å². The monoisotopic (exact) mass is 520 g/mol. The van der Waals surface area contributed by atoms with Gasteiger partial charge >= 0.3 is 18.3 Å². The predicted octanol–water partition coefficient (Wildman–Crippen LogP) is 6.63. The molecule has 2 aliphatic rings. The van der Waals surface area contributed by atoms with E-state index in [9.17, 15) is 36.2 Å². The topological polar surface area (TPSA) is 55.8 Å². The van der Waals surface area contributed by atoms with Crippen molar-refractivity contribution in [2.75, 3.05) is 0 Å². The highest BCUT2D eigenvalue weighted by molar-refractivity contribution is 6.71. The lowest BCUT2D eigenvalue weighted by atomic mass is 9.75. The zero-order valence-corrected chi connectivity index (χ0v) is 22.0. The number of aliphatic hydroxyl groups is 1. The smallest absolute Gasteiger partial charge is 0.426 e. The van der Waals surface area contributed by atoms with Crippen LogP contribution in [0.1, 0.15) is 66.7 Å². The summed E-state index contributed by atoms with van der Waals surface area (Å²) in [7, 11) is -2.66. The van der Waals surface area contributed by atoms with Crippen molar-refractivity contribution >= 4 is 14.3 Å². The number of ether oxygens (including phenoxy) is 1. The molecule has 1 N–H and O–H groups in total. The Morgan fingerprint density at radius 2 is 1.44 bits per heavy atom. The van der Waals surface area contributed by atoms with Crippen LogP contribution in [0.3, 0.4) is 0 Å². The number of hydrogen-bond acceptors (Lipinski definition) is 4. The summed E-state index contributed by atoms with van der Waals surface area (Å²) in [5.41, 5.74) is -5.90. The highest BCUT2D eigenvalue weighted by Gasteiger charge is 2.69. The van der Waals surface area contributed by atoms with Gasteiger partial charge in [0, 0.05) is 0 Å². The van der Waals surface area contributed by atoms with Gasteiger partial charge in [-0.25, -0.2) is 0 Å². The third kappa shape index (κ3) is 6.49. The molecule has 0 amide bonds. The fourth-order valence-corrected chi connectivity index (χ4v) is 8.55. The second-order valence-corrected chi connectivity index (χ2v) is 16.4. The minimum atomic E-state index is -5.80. The minimum absolute atomic E-state index is 0.0479. The molecule has 2 aliphatic carbocycles. The Morgan fingerprint density at radius 3 is 1.85 bits per heavy atom. The SMILES string of the molecule is CC(C)(C)OC(=O)C1CC2CC1CC2C(C)(C)O[Si](C)(C)CCCC(O)(C(F)(F)F)C(F)(F)F. The highest BCUT2D eigenvalue weighted by Crippen LogP contribution is 2.56. The number of halogens is 6. The number of carbonyl (C=O) groups excluding carboxylic acids is 1. The van der Waals surface area contributed by atoms with Gasteiger partial charge in [-0.1, -0.05) is 6.42 Å². The Morgan fingerprint density at radius 1 is 0.912 bits per heavy atom. The summed E-state index contributed by atoms with van der Waals surface area (Å²) in [6.07, 6.45) is -11.2. The zero-order chi connectivity index (χ0) is 26.5. The summed E-state index contributed by atoms with van der Waals surface area (Å²) in [5.74, 6) is 0.247. The lowest BCUT2D eigenvalue weighted by Crippen LogP contribution is -2.57. The van der Waals surface area contributed by atoms with Gasteiger partial charge in [0.1, 0.15) is 5.60 Å². The maximum atomic E-state index is 12.9. The molecule has 2 saturated carbocycles. The first kappa shape index (κ1) is 29.4. The van der Waals surface area contributed by atoms with E-state index in [4.69, 9.17) is 9.16 Å². The van der Waals surface area contributed by atoms with Gasteiger partial charge in [-0.3, -0.25) is 4.79 Å².